The van der Waals surface area contributed by atoms with E-state index in [0.29, 0.717) is 6.61 Å². The monoisotopic (exact) mass is 424 g/mol. The lowest BCUT2D eigenvalue weighted by atomic mass is 10.3. The molecule has 0 N–H and O–H groups in total. The fourth-order valence-electron chi connectivity index (χ4n) is 3.43. The molecule has 0 radical (unpaired) electrons. The van der Waals surface area contributed by atoms with Crippen LogP contribution >= 0.6 is 15.9 Å². The lowest BCUT2D eigenvalue weighted by Crippen LogP contribution is -2.74. The maximum Gasteiger partial charge on any atom is 0.317 e. The molecular formula is C22H21BrO2Si. The number of hydrogen-bond donors (Lipinski definition) is 0. The Morgan fingerprint density at radius 1 is 0.808 bits per heavy atom. The van der Waals surface area contributed by atoms with Crippen LogP contribution in [0, 0.1) is 0 Å². The van der Waals surface area contributed by atoms with E-state index < -0.39 is 12.5 Å². The summed E-state index contributed by atoms with van der Waals surface area (Å²) in [5, 5.41) is 3.52. The highest BCUT2D eigenvalue weighted by Gasteiger charge is 2.49. The van der Waals surface area contributed by atoms with Gasteiger partial charge in [-0.25, -0.2) is 0 Å². The Morgan fingerprint density at radius 3 is 1.46 bits per heavy atom. The molecule has 3 aromatic carbocycles. The molecule has 0 spiro atoms. The van der Waals surface area contributed by atoms with Crippen LogP contribution in [0.2, 0.25) is 0 Å². The summed E-state index contributed by atoms with van der Waals surface area (Å²) in [7, 11) is -2.69. The molecule has 1 atom stereocenters. The maximum absolute atomic E-state index is 12.9. The molecule has 3 rings (SSSR count). The van der Waals surface area contributed by atoms with Gasteiger partial charge in [-0.15, -0.1) is 0 Å². The molecule has 4 heteroatoms. The van der Waals surface area contributed by atoms with E-state index in [1.54, 1.807) is 0 Å². The Kier molecular flexibility index (Phi) is 6.07. The van der Waals surface area contributed by atoms with E-state index in [-0.39, 0.29) is 5.97 Å². The fraction of sp³-hybridized carbons (Fsp3) is 0.136. The SMILES string of the molecule is CCOC(=O)C(Br)[Si](c1ccccc1)(c1ccccc1)c1ccccc1. The first-order valence-corrected chi connectivity index (χ1v) is 11.7. The number of halogens is 1. The van der Waals surface area contributed by atoms with Gasteiger partial charge in [0.1, 0.15) is 4.45 Å². The Bertz CT molecular complexity index is 741. The van der Waals surface area contributed by atoms with Crippen LogP contribution in [0.15, 0.2) is 91.0 Å². The van der Waals surface area contributed by atoms with Gasteiger partial charge in [-0.1, -0.05) is 107 Å². The third-order valence-electron chi connectivity index (χ3n) is 4.56. The van der Waals surface area contributed by atoms with Crippen LogP contribution in [-0.4, -0.2) is 25.1 Å². The van der Waals surface area contributed by atoms with Gasteiger partial charge >= 0.3 is 5.97 Å². The van der Waals surface area contributed by atoms with Gasteiger partial charge in [0.05, 0.1) is 6.61 Å². The Morgan fingerprint density at radius 2 is 1.15 bits per heavy atom. The van der Waals surface area contributed by atoms with Crippen molar-refractivity contribution in [3.63, 3.8) is 0 Å². The Hall–Kier alpha value is -2.17. The molecule has 0 aliphatic carbocycles. The molecule has 0 saturated carbocycles. The third kappa shape index (κ3) is 3.39. The molecule has 2 nitrogen and oxygen atoms in total. The van der Waals surface area contributed by atoms with Crippen molar-refractivity contribution in [2.45, 2.75) is 11.4 Å². The second-order valence-electron chi connectivity index (χ2n) is 6.02. The Labute approximate surface area is 164 Å². The zero-order valence-electron chi connectivity index (χ0n) is 14.6. The van der Waals surface area contributed by atoms with Crippen LogP contribution in [-0.2, 0) is 9.53 Å². The van der Waals surface area contributed by atoms with E-state index in [1.165, 1.54) is 15.6 Å². The molecule has 0 bridgehead atoms. The minimum Gasteiger partial charge on any atom is -0.465 e. The zero-order valence-corrected chi connectivity index (χ0v) is 17.2. The largest absolute Gasteiger partial charge is 0.465 e. The van der Waals surface area contributed by atoms with Gasteiger partial charge in [-0.3, -0.25) is 4.79 Å². The number of ether oxygens (including phenoxy) is 1. The normalized spacial score (nSPS) is 12.4. The molecule has 26 heavy (non-hydrogen) atoms. The average molecular weight is 425 g/mol. The van der Waals surface area contributed by atoms with Crippen molar-refractivity contribution in [3.05, 3.63) is 91.0 Å². The molecule has 0 heterocycles. The summed E-state index contributed by atoms with van der Waals surface area (Å²) in [5.41, 5.74) is 0. The number of carbonyl (C=O) groups is 1. The van der Waals surface area contributed by atoms with E-state index >= 15 is 0 Å². The van der Waals surface area contributed by atoms with Crippen molar-refractivity contribution in [1.82, 2.24) is 0 Å². The molecule has 0 aromatic heterocycles. The van der Waals surface area contributed by atoms with Crippen LogP contribution in [0.25, 0.3) is 0 Å². The van der Waals surface area contributed by atoms with E-state index in [4.69, 9.17) is 4.74 Å². The summed E-state index contributed by atoms with van der Waals surface area (Å²) >= 11 is 3.77. The van der Waals surface area contributed by atoms with E-state index in [0.717, 1.165) is 0 Å². The highest BCUT2D eigenvalue weighted by Crippen LogP contribution is 2.20. The van der Waals surface area contributed by atoms with E-state index in [1.807, 2.05) is 61.5 Å². The lowest BCUT2D eigenvalue weighted by Gasteiger charge is -2.36. The van der Waals surface area contributed by atoms with Gasteiger partial charge in [0.2, 0.25) is 0 Å². The van der Waals surface area contributed by atoms with Crippen molar-refractivity contribution in [2.24, 2.45) is 0 Å². The fourth-order valence-corrected chi connectivity index (χ4v) is 10.4. The molecule has 0 aliphatic heterocycles. The summed E-state index contributed by atoms with van der Waals surface area (Å²) in [6, 6.07) is 31.0. The number of esters is 1. The van der Waals surface area contributed by atoms with Gasteiger partial charge in [0, 0.05) is 0 Å². The van der Waals surface area contributed by atoms with Gasteiger partial charge < -0.3 is 4.74 Å². The minimum atomic E-state index is -2.69. The van der Waals surface area contributed by atoms with E-state index in [2.05, 4.69) is 52.3 Å². The van der Waals surface area contributed by atoms with E-state index in [9.17, 15) is 4.79 Å². The van der Waals surface area contributed by atoms with Crippen molar-refractivity contribution in [3.8, 4) is 0 Å². The summed E-state index contributed by atoms with van der Waals surface area (Å²) in [6.45, 7) is 2.21. The molecule has 0 fully saturated rings. The number of rotatable bonds is 6. The molecule has 0 amide bonds. The number of benzene rings is 3. The van der Waals surface area contributed by atoms with Gasteiger partial charge in [-0.2, -0.15) is 0 Å². The Balaban J connectivity index is 2.33. The van der Waals surface area contributed by atoms with Gasteiger partial charge in [0.15, 0.2) is 8.07 Å². The minimum absolute atomic E-state index is 0.212. The summed E-state index contributed by atoms with van der Waals surface area (Å²) in [6.07, 6.45) is 0. The van der Waals surface area contributed by atoms with Gasteiger partial charge in [-0.05, 0) is 22.5 Å². The molecule has 132 valence electrons. The third-order valence-corrected chi connectivity index (χ3v) is 11.7. The van der Waals surface area contributed by atoms with Crippen molar-refractivity contribution in [2.75, 3.05) is 6.61 Å². The molecule has 0 saturated heterocycles. The maximum atomic E-state index is 12.9. The van der Waals surface area contributed by atoms with Crippen LogP contribution < -0.4 is 15.6 Å². The van der Waals surface area contributed by atoms with Crippen LogP contribution in [0.1, 0.15) is 6.92 Å². The average Bonchev–Trinajstić information content (AvgIpc) is 2.71. The zero-order chi connectivity index (χ0) is 18.4. The number of carbonyl (C=O) groups excluding carboxylic acids is 1. The predicted octanol–water partition coefficient (Wildman–Crippen LogP) is 3.02. The first kappa shape index (κ1) is 18.6. The summed E-state index contributed by atoms with van der Waals surface area (Å²) in [5.74, 6) is -0.212. The van der Waals surface area contributed by atoms with Crippen LogP contribution in [0.4, 0.5) is 0 Å². The molecule has 3 aromatic rings. The van der Waals surface area contributed by atoms with Crippen molar-refractivity contribution in [1.29, 1.82) is 0 Å². The highest BCUT2D eigenvalue weighted by molar-refractivity contribution is 9.10. The smallest absolute Gasteiger partial charge is 0.317 e. The second-order valence-corrected chi connectivity index (χ2v) is 11.7. The van der Waals surface area contributed by atoms with Crippen molar-refractivity contribution >= 4 is 45.5 Å². The molecule has 0 aliphatic rings. The van der Waals surface area contributed by atoms with Crippen LogP contribution in [0.3, 0.4) is 0 Å². The van der Waals surface area contributed by atoms with Crippen molar-refractivity contribution < 1.29 is 9.53 Å². The quantitative estimate of drug-likeness (QED) is 0.263. The highest BCUT2D eigenvalue weighted by atomic mass is 79.9. The second kappa shape index (κ2) is 8.47. The standard InChI is InChI=1S/C22H21BrO2Si/c1-2-25-22(24)21(23)26(18-12-6-3-7-13-18,19-14-8-4-9-15-19)20-16-10-5-11-17-20/h3-17,21H,2H2,1H3. The summed E-state index contributed by atoms with van der Waals surface area (Å²) < 4.78 is 4.99. The first-order chi connectivity index (χ1) is 12.7. The van der Waals surface area contributed by atoms with Crippen LogP contribution in [0.5, 0.6) is 0 Å². The summed E-state index contributed by atoms with van der Waals surface area (Å²) in [4.78, 5) is 12.9. The number of alkyl halides is 1. The topological polar surface area (TPSA) is 26.3 Å². The predicted molar refractivity (Wildman–Crippen MR) is 113 cm³/mol. The molecular weight excluding hydrogens is 404 g/mol. The number of hydrogen-bond acceptors (Lipinski definition) is 2. The molecule has 1 unspecified atom stereocenters. The first-order valence-electron chi connectivity index (χ1n) is 8.68. The lowest BCUT2D eigenvalue weighted by molar-refractivity contribution is -0.140. The van der Waals surface area contributed by atoms with Gasteiger partial charge in [0.25, 0.3) is 0 Å².